The molecule has 0 aliphatic carbocycles. The van der Waals surface area contributed by atoms with Gasteiger partial charge in [0.15, 0.2) is 0 Å². The molecule has 0 fully saturated rings. The normalized spacial score (nSPS) is 9.62. The number of carboxylic acid groups (broad SMARTS) is 1. The molecule has 1 aromatic rings. The first-order valence-corrected chi connectivity index (χ1v) is 4.86. The Kier molecular flexibility index (Phi) is 3.48. The summed E-state index contributed by atoms with van der Waals surface area (Å²) in [4.78, 5) is 10.8. The van der Waals surface area contributed by atoms with Crippen molar-refractivity contribution in [1.29, 1.82) is 0 Å². The molecule has 0 atom stereocenters. The zero-order valence-electron chi connectivity index (χ0n) is 6.96. The number of carbonyl (C=O) groups is 1. The van der Waals surface area contributed by atoms with E-state index in [-0.39, 0.29) is 0 Å². The van der Waals surface area contributed by atoms with Gasteiger partial charge < -0.3 is 5.11 Å². The van der Waals surface area contributed by atoms with Gasteiger partial charge in [-0.05, 0) is 46.7 Å². The van der Waals surface area contributed by atoms with Gasteiger partial charge in [0.05, 0.1) is 5.56 Å². The molecule has 68 valence electrons. The number of halogens is 1. The fourth-order valence-corrected chi connectivity index (χ4v) is 1.83. The standard InChI is InChI=1S/C10H9IO2/c1-2-4-7-8(10(12)13)5-3-6-9(7)11/h2-3,5-6H,1,4H2,(H,12,13). The summed E-state index contributed by atoms with van der Waals surface area (Å²) < 4.78 is 0.970. The number of hydrogen-bond acceptors (Lipinski definition) is 1. The van der Waals surface area contributed by atoms with Crippen LogP contribution in [0.3, 0.4) is 0 Å². The molecule has 0 aliphatic rings. The molecule has 1 aromatic carbocycles. The van der Waals surface area contributed by atoms with Crippen molar-refractivity contribution in [3.63, 3.8) is 0 Å². The molecule has 0 saturated carbocycles. The average Bonchev–Trinajstić information content (AvgIpc) is 2.08. The lowest BCUT2D eigenvalue weighted by Crippen LogP contribution is -2.03. The fourth-order valence-electron chi connectivity index (χ4n) is 1.11. The maximum atomic E-state index is 10.8. The number of aromatic carboxylic acids is 1. The van der Waals surface area contributed by atoms with Crippen molar-refractivity contribution in [1.82, 2.24) is 0 Å². The maximum absolute atomic E-state index is 10.8. The molecule has 0 spiro atoms. The van der Waals surface area contributed by atoms with Gasteiger partial charge in [0.1, 0.15) is 0 Å². The van der Waals surface area contributed by atoms with E-state index < -0.39 is 5.97 Å². The van der Waals surface area contributed by atoms with E-state index in [1.54, 1.807) is 18.2 Å². The molecular formula is C10H9IO2. The Morgan fingerprint density at radius 1 is 1.62 bits per heavy atom. The van der Waals surface area contributed by atoms with E-state index in [9.17, 15) is 4.79 Å². The van der Waals surface area contributed by atoms with Crippen LogP contribution in [-0.2, 0) is 6.42 Å². The Labute approximate surface area is 90.4 Å². The summed E-state index contributed by atoms with van der Waals surface area (Å²) in [5.74, 6) is -0.879. The molecule has 2 nitrogen and oxygen atoms in total. The third-order valence-corrected chi connectivity index (χ3v) is 2.71. The maximum Gasteiger partial charge on any atom is 0.336 e. The third kappa shape index (κ3) is 2.30. The van der Waals surface area contributed by atoms with Gasteiger partial charge in [0.25, 0.3) is 0 Å². The van der Waals surface area contributed by atoms with Crippen molar-refractivity contribution in [3.05, 3.63) is 45.6 Å². The molecule has 0 radical (unpaired) electrons. The predicted molar refractivity (Wildman–Crippen MR) is 60.0 cm³/mol. The molecule has 3 heteroatoms. The van der Waals surface area contributed by atoms with Crippen molar-refractivity contribution in [2.45, 2.75) is 6.42 Å². The lowest BCUT2D eigenvalue weighted by atomic mass is 10.1. The number of carboxylic acids is 1. The van der Waals surface area contributed by atoms with Crippen LogP contribution in [0.25, 0.3) is 0 Å². The Bertz CT molecular complexity index is 345. The minimum absolute atomic E-state index is 0.367. The van der Waals surface area contributed by atoms with E-state index in [1.165, 1.54) is 0 Å². The lowest BCUT2D eigenvalue weighted by molar-refractivity contribution is 0.0696. The molecule has 0 unspecified atom stereocenters. The Balaban J connectivity index is 3.24. The van der Waals surface area contributed by atoms with Crippen LogP contribution in [0.2, 0.25) is 0 Å². The first-order chi connectivity index (χ1) is 6.16. The van der Waals surface area contributed by atoms with Crippen LogP contribution in [0.4, 0.5) is 0 Å². The minimum atomic E-state index is -0.879. The van der Waals surface area contributed by atoms with Crippen molar-refractivity contribution in [2.24, 2.45) is 0 Å². The molecule has 1 N–H and O–H groups in total. The molecule has 0 amide bonds. The summed E-state index contributed by atoms with van der Waals surface area (Å²) in [7, 11) is 0. The topological polar surface area (TPSA) is 37.3 Å². The number of rotatable bonds is 3. The fraction of sp³-hybridized carbons (Fsp3) is 0.100. The summed E-state index contributed by atoms with van der Waals surface area (Å²) in [6.07, 6.45) is 2.31. The van der Waals surface area contributed by atoms with Gasteiger partial charge in [0.2, 0.25) is 0 Å². The van der Waals surface area contributed by atoms with E-state index in [2.05, 4.69) is 29.2 Å². The van der Waals surface area contributed by atoms with E-state index in [0.717, 1.165) is 9.13 Å². The zero-order valence-corrected chi connectivity index (χ0v) is 9.11. The average molecular weight is 288 g/mol. The van der Waals surface area contributed by atoms with Crippen molar-refractivity contribution < 1.29 is 9.90 Å². The van der Waals surface area contributed by atoms with Gasteiger partial charge in [-0.1, -0.05) is 12.1 Å². The monoisotopic (exact) mass is 288 g/mol. The lowest BCUT2D eigenvalue weighted by Gasteiger charge is -2.05. The summed E-state index contributed by atoms with van der Waals surface area (Å²) in [5, 5.41) is 8.88. The second-order valence-corrected chi connectivity index (χ2v) is 3.73. The molecule has 0 aromatic heterocycles. The van der Waals surface area contributed by atoms with Crippen LogP contribution in [-0.4, -0.2) is 11.1 Å². The van der Waals surface area contributed by atoms with E-state index in [1.807, 2.05) is 6.07 Å². The van der Waals surface area contributed by atoms with Crippen LogP contribution in [0.15, 0.2) is 30.9 Å². The van der Waals surface area contributed by atoms with Crippen LogP contribution in [0, 0.1) is 3.57 Å². The van der Waals surface area contributed by atoms with Gasteiger partial charge in [0, 0.05) is 3.57 Å². The quantitative estimate of drug-likeness (QED) is 0.686. The second-order valence-electron chi connectivity index (χ2n) is 2.56. The van der Waals surface area contributed by atoms with Gasteiger partial charge in [-0.2, -0.15) is 0 Å². The van der Waals surface area contributed by atoms with Crippen molar-refractivity contribution in [3.8, 4) is 0 Å². The molecule has 0 bridgehead atoms. The molecule has 0 heterocycles. The number of benzene rings is 1. The highest BCUT2D eigenvalue weighted by atomic mass is 127. The first-order valence-electron chi connectivity index (χ1n) is 3.78. The van der Waals surface area contributed by atoms with Crippen LogP contribution in [0.1, 0.15) is 15.9 Å². The second kappa shape index (κ2) is 4.41. The third-order valence-electron chi connectivity index (χ3n) is 1.70. The summed E-state index contributed by atoms with van der Waals surface area (Å²) in [6.45, 7) is 3.60. The molecule has 0 saturated heterocycles. The largest absolute Gasteiger partial charge is 0.478 e. The molecule has 0 aliphatic heterocycles. The Morgan fingerprint density at radius 2 is 2.31 bits per heavy atom. The highest BCUT2D eigenvalue weighted by Crippen LogP contribution is 2.17. The van der Waals surface area contributed by atoms with Crippen LogP contribution < -0.4 is 0 Å². The van der Waals surface area contributed by atoms with Gasteiger partial charge in [-0.3, -0.25) is 0 Å². The summed E-state index contributed by atoms with van der Waals surface area (Å²) >= 11 is 2.13. The molecule has 13 heavy (non-hydrogen) atoms. The number of allylic oxidation sites excluding steroid dienone is 1. The van der Waals surface area contributed by atoms with Gasteiger partial charge >= 0.3 is 5.97 Å². The van der Waals surface area contributed by atoms with E-state index in [0.29, 0.717) is 12.0 Å². The summed E-state index contributed by atoms with van der Waals surface area (Å²) in [5.41, 5.74) is 1.21. The summed E-state index contributed by atoms with van der Waals surface area (Å²) in [6, 6.07) is 5.26. The Hall–Kier alpha value is -0.840. The highest BCUT2D eigenvalue weighted by molar-refractivity contribution is 14.1. The minimum Gasteiger partial charge on any atom is -0.478 e. The van der Waals surface area contributed by atoms with Crippen LogP contribution in [0.5, 0.6) is 0 Å². The van der Waals surface area contributed by atoms with Crippen molar-refractivity contribution >= 4 is 28.6 Å². The SMILES string of the molecule is C=CCc1c(I)cccc1C(=O)O. The van der Waals surface area contributed by atoms with E-state index in [4.69, 9.17) is 5.11 Å². The smallest absolute Gasteiger partial charge is 0.336 e. The molecular weight excluding hydrogens is 279 g/mol. The van der Waals surface area contributed by atoms with Crippen LogP contribution >= 0.6 is 22.6 Å². The van der Waals surface area contributed by atoms with Crippen molar-refractivity contribution in [2.75, 3.05) is 0 Å². The predicted octanol–water partition coefficient (Wildman–Crippen LogP) is 2.72. The van der Waals surface area contributed by atoms with Gasteiger partial charge in [-0.25, -0.2) is 4.79 Å². The molecule has 1 rings (SSSR count). The number of hydrogen-bond donors (Lipinski definition) is 1. The van der Waals surface area contributed by atoms with E-state index >= 15 is 0 Å². The Morgan fingerprint density at radius 3 is 2.85 bits per heavy atom. The first kappa shape index (κ1) is 10.2. The highest BCUT2D eigenvalue weighted by Gasteiger charge is 2.10. The van der Waals surface area contributed by atoms with Gasteiger partial charge in [-0.15, -0.1) is 6.58 Å². The zero-order chi connectivity index (χ0) is 9.84.